The van der Waals surface area contributed by atoms with E-state index in [4.69, 9.17) is 28.2 Å². The van der Waals surface area contributed by atoms with Crippen LogP contribution in [0.5, 0.6) is 0 Å². The van der Waals surface area contributed by atoms with E-state index in [1.165, 1.54) is 23.5 Å². The molecule has 3 nitrogen and oxygen atoms in total. The van der Waals surface area contributed by atoms with Crippen LogP contribution < -0.4 is 14.9 Å². The molecule has 0 N–H and O–H groups in total. The predicted molar refractivity (Wildman–Crippen MR) is 149 cm³/mol. The maximum atomic E-state index is 13.8. The van der Waals surface area contributed by atoms with Crippen LogP contribution in [-0.2, 0) is 0 Å². The first-order valence-corrected chi connectivity index (χ1v) is 13.6. The van der Waals surface area contributed by atoms with E-state index in [2.05, 4.69) is 6.08 Å². The highest BCUT2D eigenvalue weighted by Gasteiger charge is 2.33. The Morgan fingerprint density at radius 2 is 1.65 bits per heavy atom. The van der Waals surface area contributed by atoms with Gasteiger partial charge in [-0.2, -0.15) is 0 Å². The van der Waals surface area contributed by atoms with Gasteiger partial charge in [0.1, 0.15) is 5.82 Å². The van der Waals surface area contributed by atoms with Gasteiger partial charge in [0.2, 0.25) is 0 Å². The summed E-state index contributed by atoms with van der Waals surface area (Å²) in [4.78, 5) is 19.4. The number of benzene rings is 3. The third kappa shape index (κ3) is 4.52. The lowest BCUT2D eigenvalue weighted by molar-refractivity contribution is 0.553. The third-order valence-electron chi connectivity index (χ3n) is 6.74. The molecule has 1 aliphatic heterocycles. The minimum atomic E-state index is -0.356. The fourth-order valence-electron chi connectivity index (χ4n) is 5.02. The van der Waals surface area contributed by atoms with Gasteiger partial charge in [-0.25, -0.2) is 9.38 Å². The number of fused-ring (bicyclic) bond motifs is 1. The quantitative estimate of drug-likeness (QED) is 0.274. The Kier molecular flexibility index (Phi) is 6.45. The number of aromatic nitrogens is 1. The van der Waals surface area contributed by atoms with Gasteiger partial charge in [-0.1, -0.05) is 83.1 Å². The van der Waals surface area contributed by atoms with Crippen LogP contribution in [-0.4, -0.2) is 4.57 Å². The summed E-state index contributed by atoms with van der Waals surface area (Å²) in [5, 5.41) is 1.29. The third-order valence-corrected chi connectivity index (χ3v) is 8.41. The van der Waals surface area contributed by atoms with Gasteiger partial charge in [-0.05, 0) is 83.5 Å². The molecule has 0 radical (unpaired) electrons. The molecule has 2 aliphatic rings. The molecule has 0 saturated carbocycles. The summed E-state index contributed by atoms with van der Waals surface area (Å²) >= 11 is 14.5. The van der Waals surface area contributed by atoms with Gasteiger partial charge >= 0.3 is 0 Å². The second kappa shape index (κ2) is 9.90. The summed E-state index contributed by atoms with van der Waals surface area (Å²) in [6, 6.07) is 21.2. The molecule has 0 spiro atoms. The Balaban J connectivity index is 1.60. The van der Waals surface area contributed by atoms with Gasteiger partial charge in [-0.15, -0.1) is 0 Å². The van der Waals surface area contributed by atoms with E-state index < -0.39 is 0 Å². The molecular formula is C30H21Cl2FN2OS. The molecule has 0 saturated heterocycles. The molecule has 1 atom stereocenters. The second-order valence-electron chi connectivity index (χ2n) is 9.07. The molecule has 6 rings (SSSR count). The summed E-state index contributed by atoms with van der Waals surface area (Å²) in [6.45, 7) is 0. The Morgan fingerprint density at radius 1 is 0.919 bits per heavy atom. The minimum Gasteiger partial charge on any atom is -0.272 e. The number of thiazole rings is 1. The number of rotatable bonds is 3. The molecule has 37 heavy (non-hydrogen) atoms. The van der Waals surface area contributed by atoms with Crippen molar-refractivity contribution in [3.63, 3.8) is 0 Å². The fourth-order valence-corrected chi connectivity index (χ4v) is 6.45. The Labute approximate surface area is 227 Å². The highest BCUT2D eigenvalue weighted by molar-refractivity contribution is 7.07. The average Bonchev–Trinajstić information content (AvgIpc) is 3.21. The number of nitrogens with zero attached hydrogens (tertiary/aromatic N) is 2. The smallest absolute Gasteiger partial charge is 0.271 e. The molecule has 1 unspecified atom stereocenters. The molecule has 184 valence electrons. The van der Waals surface area contributed by atoms with E-state index >= 15 is 0 Å². The van der Waals surface area contributed by atoms with Crippen molar-refractivity contribution in [3.8, 4) is 0 Å². The van der Waals surface area contributed by atoms with Crippen molar-refractivity contribution in [1.29, 1.82) is 0 Å². The summed E-state index contributed by atoms with van der Waals surface area (Å²) < 4.78 is 15.7. The summed E-state index contributed by atoms with van der Waals surface area (Å²) in [5.74, 6) is -0.317. The molecular weight excluding hydrogens is 526 g/mol. The largest absolute Gasteiger partial charge is 0.272 e. The lowest BCUT2D eigenvalue weighted by Gasteiger charge is -2.31. The van der Waals surface area contributed by atoms with Crippen molar-refractivity contribution in [1.82, 2.24) is 4.57 Å². The van der Waals surface area contributed by atoms with Gasteiger partial charge in [0.15, 0.2) is 4.80 Å². The summed E-state index contributed by atoms with van der Waals surface area (Å²) in [7, 11) is 0. The van der Waals surface area contributed by atoms with Crippen molar-refractivity contribution >= 4 is 46.7 Å². The summed E-state index contributed by atoms with van der Waals surface area (Å²) in [6.07, 6.45) is 6.52. The first-order valence-electron chi connectivity index (χ1n) is 12.0. The number of hydrogen-bond acceptors (Lipinski definition) is 3. The van der Waals surface area contributed by atoms with Crippen LogP contribution in [0.4, 0.5) is 4.39 Å². The lowest BCUT2D eigenvalue weighted by Crippen LogP contribution is -2.39. The zero-order chi connectivity index (χ0) is 25.5. The zero-order valence-corrected chi connectivity index (χ0v) is 22.0. The molecule has 0 fully saturated rings. The van der Waals surface area contributed by atoms with Gasteiger partial charge in [0, 0.05) is 10.0 Å². The van der Waals surface area contributed by atoms with E-state index in [-0.39, 0.29) is 17.4 Å². The number of halogens is 3. The number of allylic oxidation sites excluding steroid dienone is 2. The van der Waals surface area contributed by atoms with Gasteiger partial charge in [-0.3, -0.25) is 9.36 Å². The Bertz CT molecular complexity index is 1770. The van der Waals surface area contributed by atoms with Crippen LogP contribution in [0.3, 0.4) is 0 Å². The van der Waals surface area contributed by atoms with E-state index in [9.17, 15) is 9.18 Å². The first-order chi connectivity index (χ1) is 18.0. The monoisotopic (exact) mass is 546 g/mol. The van der Waals surface area contributed by atoms with Crippen molar-refractivity contribution in [3.05, 3.63) is 142 Å². The normalized spacial score (nSPS) is 18.5. The van der Waals surface area contributed by atoms with E-state index in [0.29, 0.717) is 19.4 Å². The highest BCUT2D eigenvalue weighted by atomic mass is 35.5. The summed E-state index contributed by atoms with van der Waals surface area (Å²) in [5.41, 5.74) is 5.53. The molecule has 4 aromatic rings. The molecule has 1 aliphatic carbocycles. The Hall–Kier alpha value is -3.25. The second-order valence-corrected chi connectivity index (χ2v) is 10.9. The van der Waals surface area contributed by atoms with Crippen LogP contribution in [0.2, 0.25) is 10.0 Å². The van der Waals surface area contributed by atoms with Crippen molar-refractivity contribution in [2.75, 3.05) is 0 Å². The average molecular weight is 547 g/mol. The zero-order valence-electron chi connectivity index (χ0n) is 19.6. The van der Waals surface area contributed by atoms with Crippen LogP contribution >= 0.6 is 34.5 Å². The lowest BCUT2D eigenvalue weighted by atomic mass is 9.84. The molecule has 7 heteroatoms. The molecule has 2 heterocycles. The van der Waals surface area contributed by atoms with Crippen molar-refractivity contribution in [2.45, 2.75) is 25.3 Å². The van der Waals surface area contributed by atoms with Crippen LogP contribution in [0.15, 0.2) is 99.4 Å². The molecule has 0 bridgehead atoms. The van der Waals surface area contributed by atoms with E-state index in [1.807, 2.05) is 48.5 Å². The van der Waals surface area contributed by atoms with Crippen LogP contribution in [0.25, 0.3) is 12.2 Å². The maximum Gasteiger partial charge on any atom is 0.271 e. The molecule has 0 amide bonds. The van der Waals surface area contributed by atoms with Gasteiger partial charge < -0.3 is 0 Å². The molecule has 1 aromatic heterocycles. The van der Waals surface area contributed by atoms with Crippen LogP contribution in [0, 0.1) is 5.82 Å². The van der Waals surface area contributed by atoms with Crippen molar-refractivity contribution in [2.24, 2.45) is 4.99 Å². The van der Waals surface area contributed by atoms with Gasteiger partial charge in [0.25, 0.3) is 5.56 Å². The topological polar surface area (TPSA) is 34.4 Å². The first kappa shape index (κ1) is 24.1. The van der Waals surface area contributed by atoms with E-state index in [1.54, 1.807) is 22.8 Å². The van der Waals surface area contributed by atoms with Gasteiger partial charge in [0.05, 0.1) is 16.3 Å². The fraction of sp³-hybridized carbons (Fsp3) is 0.133. The maximum absolute atomic E-state index is 13.8. The van der Waals surface area contributed by atoms with Crippen molar-refractivity contribution < 1.29 is 4.39 Å². The van der Waals surface area contributed by atoms with Crippen LogP contribution in [0.1, 0.15) is 42.0 Å². The predicted octanol–water partition coefficient (Wildman–Crippen LogP) is 6.93. The SMILES string of the molecule is O=c1/c(=C\c2ccc(F)cc2)sc2n1C(c1ccccc1Cl)C1=C(N=2)/C(=C\c2ccccc2Cl)CCC1. The van der Waals surface area contributed by atoms with E-state index in [0.717, 1.165) is 52.8 Å². The standard InChI is InChI=1S/C30H21Cl2FN2OS/c31-24-10-3-1-6-19(24)17-20-7-5-9-23-27(20)34-30-35(28(23)22-8-2-4-11-25(22)32)29(36)26(37-30)16-18-12-14-21(33)15-13-18/h1-4,6,8,10-17,28H,5,7,9H2/b20-17-,26-16+. The Morgan fingerprint density at radius 3 is 2.41 bits per heavy atom. The molecule has 3 aromatic carbocycles. The number of hydrogen-bond donors (Lipinski definition) is 0. The highest BCUT2D eigenvalue weighted by Crippen LogP contribution is 2.42. The minimum absolute atomic E-state index is 0.133.